The predicted molar refractivity (Wildman–Crippen MR) is 105 cm³/mol. The summed E-state index contributed by atoms with van der Waals surface area (Å²) in [7, 11) is 0. The van der Waals surface area contributed by atoms with E-state index in [0.29, 0.717) is 30.5 Å². The van der Waals surface area contributed by atoms with Crippen molar-refractivity contribution in [1.82, 2.24) is 24.9 Å². The normalized spacial score (nSPS) is 19.2. The molecule has 0 amide bonds. The van der Waals surface area contributed by atoms with E-state index in [-0.39, 0.29) is 5.56 Å². The zero-order valence-electron chi connectivity index (χ0n) is 16.0. The van der Waals surface area contributed by atoms with Gasteiger partial charge in [0.25, 0.3) is 5.56 Å². The molecule has 1 saturated heterocycles. The van der Waals surface area contributed by atoms with Crippen LogP contribution in [0.4, 0.5) is 5.82 Å². The minimum Gasteiger partial charge on any atom is -0.366 e. The van der Waals surface area contributed by atoms with E-state index in [4.69, 9.17) is 0 Å². The number of nitrogens with zero attached hydrogens (tertiary/aromatic N) is 6. The highest BCUT2D eigenvalue weighted by atomic mass is 16.1. The number of hydrogen-bond acceptors (Lipinski definition) is 7. The summed E-state index contributed by atoms with van der Waals surface area (Å²) in [6.45, 7) is 3.12. The van der Waals surface area contributed by atoms with Gasteiger partial charge in [0.15, 0.2) is 5.82 Å². The van der Waals surface area contributed by atoms with E-state index >= 15 is 0 Å². The number of aromatic nitrogens is 4. The average molecular weight is 379 g/mol. The van der Waals surface area contributed by atoms with E-state index in [1.54, 1.807) is 16.8 Å². The fraction of sp³-hybridized carbons (Fsp3) is 0.550. The number of likely N-dealkylation sites (tertiary alicyclic amines) is 1. The van der Waals surface area contributed by atoms with E-state index in [2.05, 4.69) is 31.6 Å². The second-order valence-corrected chi connectivity index (χ2v) is 7.50. The average Bonchev–Trinajstić information content (AvgIpc) is 3.18. The van der Waals surface area contributed by atoms with Gasteiger partial charge in [-0.3, -0.25) is 9.69 Å². The molecule has 1 fully saturated rings. The van der Waals surface area contributed by atoms with Gasteiger partial charge in [0, 0.05) is 25.2 Å². The molecule has 1 aliphatic carbocycles. The molecular weight excluding hydrogens is 354 g/mol. The van der Waals surface area contributed by atoms with E-state index < -0.39 is 0 Å². The monoisotopic (exact) mass is 379 g/mol. The summed E-state index contributed by atoms with van der Waals surface area (Å²) < 4.78 is 1.62. The Morgan fingerprint density at radius 1 is 1.25 bits per heavy atom. The molecular formula is C20H25N7O. The Morgan fingerprint density at radius 2 is 2.18 bits per heavy atom. The fourth-order valence-corrected chi connectivity index (χ4v) is 4.18. The van der Waals surface area contributed by atoms with Crippen molar-refractivity contribution in [2.75, 3.05) is 25.0 Å². The maximum absolute atomic E-state index is 12.3. The van der Waals surface area contributed by atoms with Gasteiger partial charge in [-0.2, -0.15) is 15.5 Å². The molecule has 0 radical (unpaired) electrons. The van der Waals surface area contributed by atoms with Crippen LogP contribution in [-0.2, 0) is 19.4 Å². The Balaban J connectivity index is 1.39. The van der Waals surface area contributed by atoms with Crippen molar-refractivity contribution >= 4 is 5.82 Å². The number of piperidine rings is 1. The third-order valence-corrected chi connectivity index (χ3v) is 5.72. The molecule has 0 saturated carbocycles. The highest BCUT2D eigenvalue weighted by Crippen LogP contribution is 2.19. The van der Waals surface area contributed by atoms with Gasteiger partial charge in [0.2, 0.25) is 0 Å². The van der Waals surface area contributed by atoms with E-state index in [0.717, 1.165) is 56.5 Å². The summed E-state index contributed by atoms with van der Waals surface area (Å²) in [6.07, 6.45) is 8.01. The van der Waals surface area contributed by atoms with Crippen molar-refractivity contribution in [2.45, 2.75) is 51.1 Å². The topological polar surface area (TPSA) is 99.7 Å². The molecule has 8 nitrogen and oxygen atoms in total. The van der Waals surface area contributed by atoms with Gasteiger partial charge >= 0.3 is 0 Å². The van der Waals surface area contributed by atoms with Crippen LogP contribution in [0, 0.1) is 11.3 Å². The predicted octanol–water partition coefficient (Wildman–Crippen LogP) is 1.36. The van der Waals surface area contributed by atoms with Crippen LogP contribution in [0.25, 0.3) is 0 Å². The number of hydrogen-bond donors (Lipinski definition) is 1. The lowest BCUT2D eigenvalue weighted by Gasteiger charge is -2.35. The minimum absolute atomic E-state index is 0.00514. The molecule has 0 aromatic carbocycles. The lowest BCUT2D eigenvalue weighted by atomic mass is 10.0. The summed E-state index contributed by atoms with van der Waals surface area (Å²) in [5, 5.41) is 25.0. The number of nitriles is 1. The molecule has 4 rings (SSSR count). The molecule has 0 bridgehead atoms. The molecule has 2 aromatic rings. The Morgan fingerprint density at radius 3 is 3.07 bits per heavy atom. The molecule has 8 heteroatoms. The van der Waals surface area contributed by atoms with E-state index in [9.17, 15) is 10.1 Å². The molecule has 1 unspecified atom stereocenters. The minimum atomic E-state index is 0.00514. The van der Waals surface area contributed by atoms with Crippen molar-refractivity contribution in [3.8, 4) is 6.07 Å². The summed E-state index contributed by atoms with van der Waals surface area (Å²) in [6, 6.07) is 5.92. The first-order valence-electron chi connectivity index (χ1n) is 10.0. The molecule has 3 heterocycles. The van der Waals surface area contributed by atoms with Crippen LogP contribution in [-0.4, -0.2) is 50.6 Å². The Labute approximate surface area is 164 Å². The number of fused-ring (bicyclic) bond motifs is 1. The van der Waals surface area contributed by atoms with Gasteiger partial charge in [0.05, 0.1) is 24.0 Å². The highest BCUT2D eigenvalue weighted by Gasteiger charge is 2.23. The summed E-state index contributed by atoms with van der Waals surface area (Å²) >= 11 is 0. The van der Waals surface area contributed by atoms with Crippen LogP contribution in [0.5, 0.6) is 0 Å². The first-order chi connectivity index (χ1) is 13.7. The SMILES string of the molecule is N#Cc1ccnnc1NCC1CCCCN1CCn1nc2c(cc1=O)CCC2. The van der Waals surface area contributed by atoms with Crippen LogP contribution in [0.15, 0.2) is 23.1 Å². The lowest BCUT2D eigenvalue weighted by Crippen LogP contribution is -2.45. The van der Waals surface area contributed by atoms with Gasteiger partial charge in [-0.25, -0.2) is 4.68 Å². The van der Waals surface area contributed by atoms with Gasteiger partial charge in [-0.1, -0.05) is 6.42 Å². The standard InChI is InChI=1S/C20H25N7O/c21-13-16-7-8-23-24-20(16)22-14-17-5-1-2-9-26(17)10-11-27-19(28)12-15-4-3-6-18(15)25-27/h7-8,12,17H,1-6,9-11,14H2,(H,22,24). The first-order valence-corrected chi connectivity index (χ1v) is 10.0. The van der Waals surface area contributed by atoms with Crippen molar-refractivity contribution in [3.63, 3.8) is 0 Å². The highest BCUT2D eigenvalue weighted by molar-refractivity contribution is 5.50. The van der Waals surface area contributed by atoms with Crippen LogP contribution in [0.1, 0.15) is 42.5 Å². The Kier molecular flexibility index (Phi) is 5.63. The molecule has 2 aromatic heterocycles. The number of aryl methyl sites for hydroxylation is 2. The van der Waals surface area contributed by atoms with Crippen LogP contribution >= 0.6 is 0 Å². The largest absolute Gasteiger partial charge is 0.366 e. The summed E-state index contributed by atoms with van der Waals surface area (Å²) in [5.41, 5.74) is 2.72. The lowest BCUT2D eigenvalue weighted by molar-refractivity contribution is 0.148. The first kappa shape index (κ1) is 18.6. The maximum Gasteiger partial charge on any atom is 0.267 e. The van der Waals surface area contributed by atoms with E-state index in [1.807, 2.05) is 0 Å². The van der Waals surface area contributed by atoms with Crippen molar-refractivity contribution in [1.29, 1.82) is 5.26 Å². The van der Waals surface area contributed by atoms with Crippen LogP contribution in [0.3, 0.4) is 0 Å². The third-order valence-electron chi connectivity index (χ3n) is 5.72. The van der Waals surface area contributed by atoms with Gasteiger partial charge < -0.3 is 5.32 Å². The Bertz CT molecular complexity index is 933. The zero-order chi connectivity index (χ0) is 19.3. The third kappa shape index (κ3) is 4.04. The van der Waals surface area contributed by atoms with Crippen molar-refractivity contribution in [2.24, 2.45) is 0 Å². The smallest absolute Gasteiger partial charge is 0.267 e. The van der Waals surface area contributed by atoms with Crippen LogP contribution in [0.2, 0.25) is 0 Å². The molecule has 1 N–H and O–H groups in total. The molecule has 2 aliphatic rings. The Hall–Kier alpha value is -2.79. The summed E-state index contributed by atoms with van der Waals surface area (Å²) in [5.74, 6) is 0.534. The number of anilines is 1. The van der Waals surface area contributed by atoms with Crippen molar-refractivity contribution < 1.29 is 0 Å². The molecule has 28 heavy (non-hydrogen) atoms. The second-order valence-electron chi connectivity index (χ2n) is 7.50. The summed E-state index contributed by atoms with van der Waals surface area (Å²) in [4.78, 5) is 14.8. The van der Waals surface area contributed by atoms with Gasteiger partial charge in [-0.15, -0.1) is 5.10 Å². The van der Waals surface area contributed by atoms with Crippen molar-refractivity contribution in [3.05, 3.63) is 45.5 Å². The molecule has 146 valence electrons. The van der Waals surface area contributed by atoms with Gasteiger partial charge in [0.1, 0.15) is 6.07 Å². The van der Waals surface area contributed by atoms with E-state index in [1.165, 1.54) is 12.6 Å². The second kappa shape index (κ2) is 8.48. The fourth-order valence-electron chi connectivity index (χ4n) is 4.18. The molecule has 0 spiro atoms. The number of nitrogens with one attached hydrogen (secondary N) is 1. The van der Waals surface area contributed by atoms with Gasteiger partial charge in [-0.05, 0) is 50.3 Å². The number of rotatable bonds is 6. The molecule has 1 aliphatic heterocycles. The zero-order valence-corrected chi connectivity index (χ0v) is 16.0. The van der Waals surface area contributed by atoms with Crippen LogP contribution < -0.4 is 10.9 Å². The molecule has 1 atom stereocenters. The quantitative estimate of drug-likeness (QED) is 0.809. The maximum atomic E-state index is 12.3.